The molecule has 0 radical (unpaired) electrons. The molecule has 0 fully saturated rings. The van der Waals surface area contributed by atoms with Gasteiger partial charge in [0.05, 0.1) is 18.7 Å². The van der Waals surface area contributed by atoms with Gasteiger partial charge >= 0.3 is 5.97 Å². The Hall–Kier alpha value is -2.45. The van der Waals surface area contributed by atoms with Gasteiger partial charge in [0, 0.05) is 0 Å². The highest BCUT2D eigenvalue weighted by atomic mass is 35.5. The zero-order valence-corrected chi connectivity index (χ0v) is 13.9. The SMILES string of the molecule is C=CCOC(=O)C(C#N)=Cc1cc(Cl)c(OCCC)c(OC)c1. The summed E-state index contributed by atoms with van der Waals surface area (Å²) in [6, 6.07) is 5.03. The summed E-state index contributed by atoms with van der Waals surface area (Å²) in [6.45, 7) is 5.96. The van der Waals surface area contributed by atoms with E-state index in [4.69, 9.17) is 31.1 Å². The number of halogens is 1. The lowest BCUT2D eigenvalue weighted by Gasteiger charge is -2.12. The molecule has 0 aromatic heterocycles. The molecule has 6 heteroatoms. The maximum Gasteiger partial charge on any atom is 0.349 e. The zero-order valence-electron chi connectivity index (χ0n) is 13.1. The predicted molar refractivity (Wildman–Crippen MR) is 88.5 cm³/mol. The second-order valence-electron chi connectivity index (χ2n) is 4.44. The van der Waals surface area contributed by atoms with Gasteiger partial charge < -0.3 is 14.2 Å². The van der Waals surface area contributed by atoms with E-state index in [1.807, 2.05) is 6.92 Å². The summed E-state index contributed by atoms with van der Waals surface area (Å²) >= 11 is 6.19. The van der Waals surface area contributed by atoms with Crippen LogP contribution in [0, 0.1) is 11.3 Å². The lowest BCUT2D eigenvalue weighted by molar-refractivity contribution is -0.137. The molecule has 0 saturated carbocycles. The first-order valence-electron chi connectivity index (χ1n) is 6.97. The minimum atomic E-state index is -0.728. The van der Waals surface area contributed by atoms with E-state index in [1.165, 1.54) is 19.3 Å². The number of methoxy groups -OCH3 is 1. The first kappa shape index (κ1) is 18.6. The number of carbonyl (C=O) groups is 1. The highest BCUT2D eigenvalue weighted by Gasteiger charge is 2.14. The minimum absolute atomic E-state index is 0.0335. The van der Waals surface area contributed by atoms with Gasteiger partial charge in [0.15, 0.2) is 11.5 Å². The molecular weight excluding hydrogens is 318 g/mol. The number of carbonyl (C=O) groups excluding carboxylic acids is 1. The van der Waals surface area contributed by atoms with E-state index in [9.17, 15) is 4.79 Å². The Balaban J connectivity index is 3.15. The van der Waals surface area contributed by atoms with Gasteiger partial charge in [-0.25, -0.2) is 4.79 Å². The predicted octanol–water partition coefficient (Wildman–Crippen LogP) is 3.77. The molecule has 0 aliphatic rings. The van der Waals surface area contributed by atoms with Crippen LogP contribution in [0.25, 0.3) is 6.08 Å². The third kappa shape index (κ3) is 5.35. The van der Waals surface area contributed by atoms with Crippen LogP contribution >= 0.6 is 11.6 Å². The maximum absolute atomic E-state index is 11.7. The number of benzene rings is 1. The molecule has 122 valence electrons. The van der Waals surface area contributed by atoms with Crippen molar-refractivity contribution in [3.8, 4) is 17.6 Å². The smallest absolute Gasteiger partial charge is 0.349 e. The fourth-order valence-electron chi connectivity index (χ4n) is 1.68. The van der Waals surface area contributed by atoms with Gasteiger partial charge in [-0.15, -0.1) is 0 Å². The van der Waals surface area contributed by atoms with E-state index in [1.54, 1.807) is 18.2 Å². The second kappa shape index (κ2) is 9.54. The van der Waals surface area contributed by atoms with Crippen molar-refractivity contribution >= 4 is 23.6 Å². The summed E-state index contributed by atoms with van der Waals surface area (Å²) in [5.74, 6) is 0.128. The van der Waals surface area contributed by atoms with Crippen LogP contribution in [0.1, 0.15) is 18.9 Å². The van der Waals surface area contributed by atoms with E-state index in [-0.39, 0.29) is 12.2 Å². The number of nitrogens with zero attached hydrogens (tertiary/aromatic N) is 1. The van der Waals surface area contributed by atoms with Crippen LogP contribution in [0.2, 0.25) is 5.02 Å². The Labute approximate surface area is 140 Å². The van der Waals surface area contributed by atoms with Crippen molar-refractivity contribution in [2.45, 2.75) is 13.3 Å². The third-order valence-electron chi connectivity index (χ3n) is 2.69. The monoisotopic (exact) mass is 335 g/mol. The highest BCUT2D eigenvalue weighted by Crippen LogP contribution is 2.37. The number of hydrogen-bond acceptors (Lipinski definition) is 5. The molecule has 0 amide bonds. The lowest BCUT2D eigenvalue weighted by Crippen LogP contribution is -2.06. The molecule has 0 atom stereocenters. The standard InChI is InChI=1S/C17H18ClNO4/c1-4-6-22-16-14(18)9-12(10-15(16)21-3)8-13(11-19)17(20)23-7-5-2/h5,8-10H,2,4,6-7H2,1,3H3. The number of rotatable bonds is 8. The van der Waals surface area contributed by atoms with Crippen LogP contribution in [-0.4, -0.2) is 26.3 Å². The van der Waals surface area contributed by atoms with Crippen LogP contribution in [0.4, 0.5) is 0 Å². The number of esters is 1. The van der Waals surface area contributed by atoms with Crippen molar-refractivity contribution in [3.63, 3.8) is 0 Å². The van der Waals surface area contributed by atoms with E-state index in [2.05, 4.69) is 6.58 Å². The molecule has 0 bridgehead atoms. The van der Waals surface area contributed by atoms with E-state index < -0.39 is 5.97 Å². The molecular formula is C17H18ClNO4. The summed E-state index contributed by atoms with van der Waals surface area (Å²) < 4.78 is 15.6. The van der Waals surface area contributed by atoms with E-state index >= 15 is 0 Å². The zero-order chi connectivity index (χ0) is 17.2. The van der Waals surface area contributed by atoms with Crippen molar-refractivity contribution in [2.24, 2.45) is 0 Å². The average Bonchev–Trinajstić information content (AvgIpc) is 2.55. The van der Waals surface area contributed by atoms with Crippen LogP contribution in [-0.2, 0) is 9.53 Å². The molecule has 0 aliphatic heterocycles. The fraction of sp³-hybridized carbons (Fsp3) is 0.294. The fourth-order valence-corrected chi connectivity index (χ4v) is 1.96. The van der Waals surface area contributed by atoms with Crippen LogP contribution in [0.15, 0.2) is 30.4 Å². The van der Waals surface area contributed by atoms with Crippen LogP contribution in [0.3, 0.4) is 0 Å². The molecule has 1 aromatic rings. The van der Waals surface area contributed by atoms with E-state index in [0.29, 0.717) is 28.7 Å². The maximum atomic E-state index is 11.7. The number of hydrogen-bond donors (Lipinski definition) is 0. The summed E-state index contributed by atoms with van der Waals surface area (Å²) in [6.07, 6.45) is 3.63. The summed E-state index contributed by atoms with van der Waals surface area (Å²) in [5, 5.41) is 9.42. The molecule has 0 N–H and O–H groups in total. The molecule has 0 spiro atoms. The normalized spacial score (nSPS) is 10.6. The Bertz CT molecular complexity index is 647. The molecule has 5 nitrogen and oxygen atoms in total. The lowest BCUT2D eigenvalue weighted by atomic mass is 10.1. The van der Waals surface area contributed by atoms with E-state index in [0.717, 1.165) is 6.42 Å². The molecule has 0 saturated heterocycles. The second-order valence-corrected chi connectivity index (χ2v) is 4.85. The molecule has 1 aromatic carbocycles. The van der Waals surface area contributed by atoms with Gasteiger partial charge in [0.1, 0.15) is 18.2 Å². The van der Waals surface area contributed by atoms with Crippen molar-refractivity contribution < 1.29 is 19.0 Å². The summed E-state index contributed by atoms with van der Waals surface area (Å²) in [4.78, 5) is 11.7. The van der Waals surface area contributed by atoms with Gasteiger partial charge in [-0.3, -0.25) is 0 Å². The topological polar surface area (TPSA) is 68.6 Å². The first-order chi connectivity index (χ1) is 11.1. The molecule has 0 aliphatic carbocycles. The highest BCUT2D eigenvalue weighted by molar-refractivity contribution is 6.32. The van der Waals surface area contributed by atoms with Crippen molar-refractivity contribution in [1.29, 1.82) is 5.26 Å². The third-order valence-corrected chi connectivity index (χ3v) is 2.97. The largest absolute Gasteiger partial charge is 0.493 e. The first-order valence-corrected chi connectivity index (χ1v) is 7.35. The Morgan fingerprint density at radius 3 is 2.78 bits per heavy atom. The molecule has 0 heterocycles. The summed E-state index contributed by atoms with van der Waals surface area (Å²) in [5.41, 5.74) is 0.384. The number of nitriles is 1. The molecule has 1 rings (SSSR count). The summed E-state index contributed by atoms with van der Waals surface area (Å²) in [7, 11) is 1.49. The van der Waals surface area contributed by atoms with Gasteiger partial charge in [-0.05, 0) is 30.2 Å². The Morgan fingerprint density at radius 2 is 2.22 bits per heavy atom. The minimum Gasteiger partial charge on any atom is -0.493 e. The molecule has 0 unspecified atom stereocenters. The Kier molecular flexibility index (Phi) is 7.72. The van der Waals surface area contributed by atoms with Crippen molar-refractivity contribution in [3.05, 3.63) is 40.9 Å². The molecule has 23 heavy (non-hydrogen) atoms. The van der Waals surface area contributed by atoms with Crippen LogP contribution in [0.5, 0.6) is 11.5 Å². The van der Waals surface area contributed by atoms with Gasteiger partial charge in [-0.1, -0.05) is 31.2 Å². The van der Waals surface area contributed by atoms with Gasteiger partial charge in [0.25, 0.3) is 0 Å². The average molecular weight is 336 g/mol. The number of ether oxygens (including phenoxy) is 3. The van der Waals surface area contributed by atoms with Crippen LogP contribution < -0.4 is 9.47 Å². The van der Waals surface area contributed by atoms with Gasteiger partial charge in [-0.2, -0.15) is 5.26 Å². The van der Waals surface area contributed by atoms with Crippen molar-refractivity contribution in [1.82, 2.24) is 0 Å². The quantitative estimate of drug-likeness (QED) is 0.313. The Morgan fingerprint density at radius 1 is 1.48 bits per heavy atom. The van der Waals surface area contributed by atoms with Gasteiger partial charge in [0.2, 0.25) is 0 Å². The van der Waals surface area contributed by atoms with Crippen molar-refractivity contribution in [2.75, 3.05) is 20.3 Å².